The Labute approximate surface area is 281 Å². The highest BCUT2D eigenvalue weighted by atomic mass is 35.5. The number of benzene rings is 2. The number of ether oxygens (including phenoxy) is 3. The fourth-order valence-corrected chi connectivity index (χ4v) is 4.94. The number of Topliss-reactive ketones (excluding diaryl/α,β-unsaturated/α-hetero) is 2. The molecule has 2 N–H and O–H groups in total. The number of aliphatic hydroxyl groups is 1. The van der Waals surface area contributed by atoms with Crippen molar-refractivity contribution < 1.29 is 43.3 Å². The van der Waals surface area contributed by atoms with Crippen molar-refractivity contribution in [3.63, 3.8) is 0 Å². The molecule has 47 heavy (non-hydrogen) atoms. The number of rotatable bonds is 8. The fourth-order valence-electron chi connectivity index (χ4n) is 4.88. The molecule has 0 aliphatic heterocycles. The van der Waals surface area contributed by atoms with E-state index in [2.05, 4.69) is 4.74 Å². The van der Waals surface area contributed by atoms with Crippen molar-refractivity contribution in [1.82, 2.24) is 0 Å². The van der Waals surface area contributed by atoms with Gasteiger partial charge in [-0.1, -0.05) is 49.7 Å². The topological polar surface area (TPSA) is 157 Å². The van der Waals surface area contributed by atoms with Crippen LogP contribution in [0, 0.1) is 30.6 Å². The summed E-state index contributed by atoms with van der Waals surface area (Å²) in [5.41, 5.74) is 2.81. The zero-order valence-electron chi connectivity index (χ0n) is 28.0. The number of aldehydes is 2. The number of hydrogen-bond donors (Lipinski definition) is 2. The van der Waals surface area contributed by atoms with Crippen LogP contribution < -0.4 is 4.74 Å². The summed E-state index contributed by atoms with van der Waals surface area (Å²) in [7, 11) is 1.56. The molecule has 0 bridgehead atoms. The van der Waals surface area contributed by atoms with Gasteiger partial charge in [0.05, 0.1) is 24.4 Å². The van der Waals surface area contributed by atoms with Crippen LogP contribution in [0.15, 0.2) is 53.8 Å². The van der Waals surface area contributed by atoms with Gasteiger partial charge in [-0.3, -0.25) is 19.8 Å². The number of hydrogen-bond acceptors (Lipinski definition) is 10. The average molecular weight is 672 g/mol. The monoisotopic (exact) mass is 671 g/mol. The van der Waals surface area contributed by atoms with Gasteiger partial charge < -0.3 is 24.1 Å². The maximum absolute atomic E-state index is 11.4. The van der Waals surface area contributed by atoms with E-state index >= 15 is 0 Å². The zero-order valence-corrected chi connectivity index (χ0v) is 28.7. The van der Waals surface area contributed by atoms with Crippen LogP contribution >= 0.6 is 11.6 Å². The lowest BCUT2D eigenvalue weighted by Crippen LogP contribution is -2.28. The maximum atomic E-state index is 11.4. The van der Waals surface area contributed by atoms with E-state index in [0.29, 0.717) is 24.2 Å². The number of aryl methyl sites for hydroxylation is 2. The van der Waals surface area contributed by atoms with E-state index in [-0.39, 0.29) is 46.9 Å². The maximum Gasteiger partial charge on any atom is 0.404 e. The number of aliphatic hydroxyl groups excluding tert-OH is 1. The third-order valence-electron chi connectivity index (χ3n) is 7.37. The second-order valence-corrected chi connectivity index (χ2v) is 12.4. The van der Waals surface area contributed by atoms with E-state index in [9.17, 15) is 29.1 Å². The molecule has 0 saturated heterocycles. The molecule has 1 fully saturated rings. The predicted octanol–water partition coefficient (Wildman–Crippen LogP) is 7.83. The molecule has 0 spiro atoms. The van der Waals surface area contributed by atoms with Crippen molar-refractivity contribution in [2.24, 2.45) is 11.3 Å². The quantitative estimate of drug-likeness (QED) is 0.0938. The number of carbonyl (C=O) groups excluding carboxylic acids is 5. The first-order valence-corrected chi connectivity index (χ1v) is 15.6. The lowest BCUT2D eigenvalue weighted by atomic mass is 9.76. The largest absolute Gasteiger partial charge is 0.511 e. The van der Waals surface area contributed by atoms with Gasteiger partial charge >= 0.3 is 5.43 Å². The number of ketones is 2. The molecule has 10 nitrogen and oxygen atoms in total. The number of carbonyl (C=O) groups is 5. The van der Waals surface area contributed by atoms with Crippen molar-refractivity contribution in [3.8, 4) is 5.75 Å². The van der Waals surface area contributed by atoms with Crippen molar-refractivity contribution in [2.45, 2.75) is 85.9 Å². The van der Waals surface area contributed by atoms with Gasteiger partial charge in [-0.15, -0.1) is 0 Å². The number of methoxy groups -OCH3 is 1. The van der Waals surface area contributed by atoms with Crippen LogP contribution in [0.25, 0.3) is 0 Å². The summed E-state index contributed by atoms with van der Waals surface area (Å²) in [5.74, 6) is 0.258. The van der Waals surface area contributed by atoms with E-state index in [0.717, 1.165) is 55.8 Å². The predicted molar refractivity (Wildman–Crippen MR) is 180 cm³/mol. The molecule has 0 unspecified atom stereocenters. The van der Waals surface area contributed by atoms with Gasteiger partial charge in [-0.25, -0.2) is 4.79 Å². The molecule has 2 aliphatic rings. The Balaban J connectivity index is 0.000000314. The van der Waals surface area contributed by atoms with E-state index in [1.54, 1.807) is 13.2 Å². The molecule has 4 rings (SSSR count). The highest BCUT2D eigenvalue weighted by Crippen LogP contribution is 2.35. The zero-order chi connectivity index (χ0) is 35.6. The molecule has 2 aliphatic carbocycles. The Hall–Kier alpha value is -4.31. The summed E-state index contributed by atoms with van der Waals surface area (Å²) >= 11 is 5.00. The minimum Gasteiger partial charge on any atom is -0.511 e. The highest BCUT2D eigenvalue weighted by molar-refractivity contribution is 6.61. The van der Waals surface area contributed by atoms with Gasteiger partial charge in [0.15, 0.2) is 24.3 Å². The van der Waals surface area contributed by atoms with E-state index in [1.165, 1.54) is 12.5 Å². The Bertz CT molecular complexity index is 1390. The molecular formula is C36H46ClNO9. The molecule has 0 aromatic heterocycles. The molecule has 256 valence electrons. The summed E-state index contributed by atoms with van der Waals surface area (Å²) in [5, 5.41) is 16.2. The van der Waals surface area contributed by atoms with Crippen LogP contribution in [0.5, 0.6) is 5.75 Å². The second-order valence-electron chi connectivity index (χ2n) is 12.1. The normalized spacial score (nSPS) is 17.9. The first-order chi connectivity index (χ1) is 22.2. The summed E-state index contributed by atoms with van der Waals surface area (Å²) in [4.78, 5) is 53.4. The van der Waals surface area contributed by atoms with Gasteiger partial charge in [0, 0.05) is 30.4 Å². The lowest BCUT2D eigenvalue weighted by Gasteiger charge is -2.28. The Morgan fingerprint density at radius 2 is 1.60 bits per heavy atom. The van der Waals surface area contributed by atoms with Gasteiger partial charge in [-0.2, -0.15) is 0 Å². The molecule has 11 heteroatoms. The van der Waals surface area contributed by atoms with E-state index < -0.39 is 5.43 Å². The summed E-state index contributed by atoms with van der Waals surface area (Å²) < 4.78 is 14.6. The van der Waals surface area contributed by atoms with Crippen LogP contribution in [0.2, 0.25) is 0 Å². The van der Waals surface area contributed by atoms with Crippen LogP contribution in [0.1, 0.15) is 86.3 Å². The molecular weight excluding hydrogens is 626 g/mol. The van der Waals surface area contributed by atoms with Crippen LogP contribution in [-0.4, -0.2) is 54.3 Å². The second kappa shape index (κ2) is 20.7. The average Bonchev–Trinajstić information content (AvgIpc) is 3.01. The number of halogens is 1. The van der Waals surface area contributed by atoms with Gasteiger partial charge in [0.25, 0.3) is 0 Å². The Kier molecular flexibility index (Phi) is 18.0. The van der Waals surface area contributed by atoms with Crippen LogP contribution in [-0.2, 0) is 30.5 Å². The first kappa shape index (κ1) is 40.7. The molecule has 2 aromatic carbocycles. The smallest absolute Gasteiger partial charge is 0.404 e. The van der Waals surface area contributed by atoms with Crippen molar-refractivity contribution in [1.29, 1.82) is 5.41 Å². The SMILES string of the molecule is CC(=O)C1=C(O)CC(C)(C)CC1=O.COc1cc(C)ccc1C=O.Cc1ccc(COC(=O)Cl)cc1.N=COC1CCC(C=O)CC1. The van der Waals surface area contributed by atoms with Gasteiger partial charge in [0.1, 0.15) is 24.4 Å². The van der Waals surface area contributed by atoms with Crippen LogP contribution in [0.3, 0.4) is 0 Å². The molecule has 1 saturated carbocycles. The number of nitrogens with one attached hydrogen (secondary N) is 1. The summed E-state index contributed by atoms with van der Waals surface area (Å²) in [6.45, 7) is 9.30. The Morgan fingerprint density at radius 3 is 2.06 bits per heavy atom. The van der Waals surface area contributed by atoms with Crippen molar-refractivity contribution in [3.05, 3.63) is 76.1 Å². The molecule has 0 heterocycles. The Morgan fingerprint density at radius 1 is 1.00 bits per heavy atom. The summed E-state index contributed by atoms with van der Waals surface area (Å²) in [6.07, 6.45) is 7.41. The van der Waals surface area contributed by atoms with Gasteiger partial charge in [0.2, 0.25) is 0 Å². The van der Waals surface area contributed by atoms with Crippen LogP contribution in [0.4, 0.5) is 4.79 Å². The standard InChI is InChI=1S/C10H14O3.C9H9ClO2.C9H10O2.C8H13NO2/c1-6(11)9-7(12)4-10(2,3)5-8(9)13;1-7-2-4-8(5-3-7)6-12-9(10)11;1-7-3-4-8(6-10)9(5-7)11-2;9-6-11-8-3-1-7(5-10)2-4-8/h12H,4-5H2,1-3H3;2-5H,6H2,1H3;3-6H,1-2H3;5-9H,1-4H2. The minimum atomic E-state index is -0.768. The molecule has 0 radical (unpaired) electrons. The van der Waals surface area contributed by atoms with Gasteiger partial charge in [-0.05, 0) is 75.1 Å². The first-order valence-electron chi connectivity index (χ1n) is 15.2. The van der Waals surface area contributed by atoms with E-state index in [4.69, 9.17) is 26.5 Å². The number of allylic oxidation sites excluding steroid dienone is 2. The van der Waals surface area contributed by atoms with E-state index in [1.807, 2.05) is 64.1 Å². The highest BCUT2D eigenvalue weighted by Gasteiger charge is 2.34. The molecule has 0 atom stereocenters. The fraction of sp³-hybridized carbons (Fsp3) is 0.444. The summed E-state index contributed by atoms with van der Waals surface area (Å²) in [6, 6.07) is 13.2. The molecule has 2 aromatic rings. The lowest BCUT2D eigenvalue weighted by molar-refractivity contribution is -0.123. The molecule has 0 amide bonds. The minimum absolute atomic E-state index is 0.000625. The van der Waals surface area contributed by atoms with Crippen molar-refractivity contribution >= 4 is 47.6 Å². The third-order valence-corrected chi connectivity index (χ3v) is 7.47. The third kappa shape index (κ3) is 15.7. The van der Waals surface area contributed by atoms with Crippen molar-refractivity contribution in [2.75, 3.05) is 7.11 Å².